The third-order valence-electron chi connectivity index (χ3n) is 5.65. The van der Waals surface area contributed by atoms with Gasteiger partial charge in [-0.1, -0.05) is 6.07 Å². The second-order valence-electron chi connectivity index (χ2n) is 7.72. The Balaban J connectivity index is 1.24. The van der Waals surface area contributed by atoms with Gasteiger partial charge in [0.05, 0.1) is 5.69 Å². The summed E-state index contributed by atoms with van der Waals surface area (Å²) >= 11 is 1.94. The van der Waals surface area contributed by atoms with Crippen molar-refractivity contribution in [3.8, 4) is 0 Å². The van der Waals surface area contributed by atoms with Gasteiger partial charge in [-0.05, 0) is 61.5 Å². The van der Waals surface area contributed by atoms with E-state index in [1.54, 1.807) is 0 Å². The molecule has 0 amide bonds. The molecular formula is C21H30N4S. The molecule has 0 N–H and O–H groups in total. The van der Waals surface area contributed by atoms with Gasteiger partial charge in [-0.3, -0.25) is 19.7 Å². The van der Waals surface area contributed by atoms with Crippen LogP contribution in [-0.4, -0.2) is 59.0 Å². The zero-order chi connectivity index (χ0) is 17.8. The van der Waals surface area contributed by atoms with Crippen LogP contribution < -0.4 is 0 Å². The van der Waals surface area contributed by atoms with Gasteiger partial charge in [-0.2, -0.15) is 0 Å². The summed E-state index contributed by atoms with van der Waals surface area (Å²) in [6, 6.07) is 6.62. The molecule has 4 rings (SSSR count). The van der Waals surface area contributed by atoms with Crippen LogP contribution in [0.5, 0.6) is 0 Å². The van der Waals surface area contributed by atoms with Crippen molar-refractivity contribution in [2.75, 3.05) is 39.3 Å². The molecule has 0 radical (unpaired) electrons. The van der Waals surface area contributed by atoms with E-state index >= 15 is 0 Å². The van der Waals surface area contributed by atoms with Gasteiger partial charge in [0.25, 0.3) is 0 Å². The van der Waals surface area contributed by atoms with Crippen LogP contribution in [0.4, 0.5) is 0 Å². The van der Waals surface area contributed by atoms with Crippen LogP contribution in [0, 0.1) is 6.92 Å². The Morgan fingerprint density at radius 2 is 1.62 bits per heavy atom. The molecule has 26 heavy (non-hydrogen) atoms. The lowest BCUT2D eigenvalue weighted by atomic mass is 10.2. The van der Waals surface area contributed by atoms with E-state index in [1.165, 1.54) is 47.6 Å². The minimum atomic E-state index is 0.986. The third kappa shape index (κ3) is 4.71. The summed E-state index contributed by atoms with van der Waals surface area (Å²) in [6.45, 7) is 12.6. The Labute approximate surface area is 161 Å². The van der Waals surface area contributed by atoms with Crippen LogP contribution >= 0.6 is 11.3 Å². The standard InChI is InChI=1S/C21H30N4S/c1-18-5-4-6-22-21(18)16-25-11-9-24(10-12-25)15-20-13-19(17-26-20)14-23-7-2-3-8-23/h4-6,13,17H,2-3,7-12,14-16H2,1H3. The molecule has 2 aliphatic rings. The van der Waals surface area contributed by atoms with E-state index in [4.69, 9.17) is 0 Å². The number of hydrogen-bond acceptors (Lipinski definition) is 5. The zero-order valence-corrected chi connectivity index (χ0v) is 16.7. The number of nitrogens with zero attached hydrogens (tertiary/aromatic N) is 4. The molecule has 0 aromatic carbocycles. The Morgan fingerprint density at radius 3 is 2.35 bits per heavy atom. The van der Waals surface area contributed by atoms with E-state index < -0.39 is 0 Å². The van der Waals surface area contributed by atoms with Crippen molar-refractivity contribution in [2.45, 2.75) is 39.4 Å². The highest BCUT2D eigenvalue weighted by Crippen LogP contribution is 2.21. The van der Waals surface area contributed by atoms with Crippen LogP contribution in [0.2, 0.25) is 0 Å². The van der Waals surface area contributed by atoms with Gasteiger partial charge in [0, 0.05) is 56.9 Å². The molecule has 0 aliphatic carbocycles. The average Bonchev–Trinajstić information content (AvgIpc) is 3.31. The maximum atomic E-state index is 4.55. The number of piperazine rings is 1. The molecule has 0 saturated carbocycles. The van der Waals surface area contributed by atoms with E-state index in [9.17, 15) is 0 Å². The molecule has 0 atom stereocenters. The van der Waals surface area contributed by atoms with Crippen molar-refractivity contribution in [3.05, 3.63) is 51.5 Å². The first kappa shape index (κ1) is 18.1. The molecule has 5 heteroatoms. The maximum absolute atomic E-state index is 4.55. The molecular weight excluding hydrogens is 340 g/mol. The SMILES string of the molecule is Cc1cccnc1CN1CCN(Cc2cc(CN3CCCC3)cs2)CC1. The summed E-state index contributed by atoms with van der Waals surface area (Å²) in [5.74, 6) is 0. The predicted octanol–water partition coefficient (Wildman–Crippen LogP) is 3.37. The number of aryl methyl sites for hydroxylation is 1. The van der Waals surface area contributed by atoms with Crippen molar-refractivity contribution in [3.63, 3.8) is 0 Å². The van der Waals surface area contributed by atoms with E-state index in [2.05, 4.69) is 44.1 Å². The monoisotopic (exact) mass is 370 g/mol. The number of likely N-dealkylation sites (tertiary alicyclic amines) is 1. The molecule has 0 spiro atoms. The first-order valence-electron chi connectivity index (χ1n) is 9.90. The second-order valence-corrected chi connectivity index (χ2v) is 8.72. The van der Waals surface area contributed by atoms with Crippen LogP contribution in [0.25, 0.3) is 0 Å². The minimum Gasteiger partial charge on any atom is -0.299 e. The highest BCUT2D eigenvalue weighted by Gasteiger charge is 2.19. The van der Waals surface area contributed by atoms with Crippen molar-refractivity contribution in [2.24, 2.45) is 0 Å². The van der Waals surface area contributed by atoms with Crippen molar-refractivity contribution >= 4 is 11.3 Å². The molecule has 0 unspecified atom stereocenters. The highest BCUT2D eigenvalue weighted by molar-refractivity contribution is 7.10. The van der Waals surface area contributed by atoms with Crippen molar-refractivity contribution in [1.29, 1.82) is 0 Å². The second kappa shape index (κ2) is 8.61. The van der Waals surface area contributed by atoms with Crippen molar-refractivity contribution in [1.82, 2.24) is 19.7 Å². The molecule has 4 heterocycles. The molecule has 2 aromatic heterocycles. The lowest BCUT2D eigenvalue weighted by Crippen LogP contribution is -2.45. The lowest BCUT2D eigenvalue weighted by molar-refractivity contribution is 0.121. The molecule has 0 bridgehead atoms. The number of pyridine rings is 1. The Morgan fingerprint density at radius 1 is 0.923 bits per heavy atom. The number of hydrogen-bond donors (Lipinski definition) is 0. The quantitative estimate of drug-likeness (QED) is 0.778. The fourth-order valence-corrected chi connectivity index (χ4v) is 4.93. The first-order valence-corrected chi connectivity index (χ1v) is 10.8. The fourth-order valence-electron chi connectivity index (χ4n) is 4.01. The largest absolute Gasteiger partial charge is 0.299 e. The Bertz CT molecular complexity index is 700. The summed E-state index contributed by atoms with van der Waals surface area (Å²) in [4.78, 5) is 13.8. The summed E-state index contributed by atoms with van der Waals surface area (Å²) in [6.07, 6.45) is 4.66. The average molecular weight is 371 g/mol. The third-order valence-corrected chi connectivity index (χ3v) is 6.62. The zero-order valence-electron chi connectivity index (χ0n) is 15.9. The molecule has 2 saturated heterocycles. The van der Waals surface area contributed by atoms with Crippen LogP contribution in [0.1, 0.15) is 34.5 Å². The van der Waals surface area contributed by atoms with Gasteiger partial charge < -0.3 is 0 Å². The highest BCUT2D eigenvalue weighted by atomic mass is 32.1. The van der Waals surface area contributed by atoms with Gasteiger partial charge >= 0.3 is 0 Å². The summed E-state index contributed by atoms with van der Waals surface area (Å²) < 4.78 is 0. The van der Waals surface area contributed by atoms with E-state index in [1.807, 2.05) is 23.6 Å². The minimum absolute atomic E-state index is 0.986. The van der Waals surface area contributed by atoms with Gasteiger partial charge in [0.1, 0.15) is 0 Å². The van der Waals surface area contributed by atoms with E-state index in [0.29, 0.717) is 0 Å². The van der Waals surface area contributed by atoms with Gasteiger partial charge in [-0.15, -0.1) is 11.3 Å². The number of aromatic nitrogens is 1. The number of thiophene rings is 1. The molecule has 2 aliphatic heterocycles. The van der Waals surface area contributed by atoms with E-state index in [-0.39, 0.29) is 0 Å². The number of rotatable bonds is 6. The van der Waals surface area contributed by atoms with Gasteiger partial charge in [0.2, 0.25) is 0 Å². The molecule has 2 aromatic rings. The summed E-state index contributed by atoms with van der Waals surface area (Å²) in [5, 5.41) is 2.37. The Kier molecular flexibility index (Phi) is 6.00. The lowest BCUT2D eigenvalue weighted by Gasteiger charge is -2.34. The topological polar surface area (TPSA) is 22.6 Å². The maximum Gasteiger partial charge on any atom is 0.0573 e. The molecule has 140 valence electrons. The van der Waals surface area contributed by atoms with Gasteiger partial charge in [-0.25, -0.2) is 0 Å². The smallest absolute Gasteiger partial charge is 0.0573 e. The summed E-state index contributed by atoms with van der Waals surface area (Å²) in [7, 11) is 0. The van der Waals surface area contributed by atoms with Crippen molar-refractivity contribution < 1.29 is 0 Å². The molecule has 2 fully saturated rings. The van der Waals surface area contributed by atoms with Crippen LogP contribution in [0.3, 0.4) is 0 Å². The fraction of sp³-hybridized carbons (Fsp3) is 0.571. The van der Waals surface area contributed by atoms with E-state index in [0.717, 1.165) is 45.8 Å². The Hall–Kier alpha value is -1.27. The van der Waals surface area contributed by atoms with Crippen LogP contribution in [0.15, 0.2) is 29.8 Å². The normalized spacial score (nSPS) is 20.0. The van der Waals surface area contributed by atoms with Gasteiger partial charge in [0.15, 0.2) is 0 Å². The van der Waals surface area contributed by atoms with Crippen LogP contribution in [-0.2, 0) is 19.6 Å². The molecule has 4 nitrogen and oxygen atoms in total. The predicted molar refractivity (Wildman–Crippen MR) is 108 cm³/mol. The summed E-state index contributed by atoms with van der Waals surface area (Å²) in [5.41, 5.74) is 4.04. The first-order chi connectivity index (χ1) is 12.8.